The molecule has 2 N–H and O–H groups in total. The predicted octanol–water partition coefficient (Wildman–Crippen LogP) is 3.11. The number of piperidine rings is 1. The summed E-state index contributed by atoms with van der Waals surface area (Å²) < 4.78 is 4.96. The fraction of sp³-hybridized carbons (Fsp3) is 0.579. The molecule has 1 aromatic rings. The Hall–Kier alpha value is -2.08. The van der Waals surface area contributed by atoms with E-state index in [1.807, 2.05) is 4.90 Å². The molecule has 6 nitrogen and oxygen atoms in total. The van der Waals surface area contributed by atoms with Crippen molar-refractivity contribution in [2.75, 3.05) is 38.7 Å². The van der Waals surface area contributed by atoms with Crippen LogP contribution in [0.5, 0.6) is 0 Å². The number of ether oxygens (including phenoxy) is 1. The maximum Gasteiger partial charge on any atom is 0.319 e. The third-order valence-corrected chi connectivity index (χ3v) is 4.52. The van der Waals surface area contributed by atoms with Crippen molar-refractivity contribution in [3.05, 3.63) is 29.8 Å². The van der Waals surface area contributed by atoms with E-state index < -0.39 is 0 Å². The van der Waals surface area contributed by atoms with E-state index in [9.17, 15) is 9.59 Å². The number of nitrogens with zero attached hydrogens (tertiary/aromatic N) is 1. The van der Waals surface area contributed by atoms with Gasteiger partial charge in [-0.15, -0.1) is 0 Å². The lowest BCUT2D eigenvalue weighted by Gasteiger charge is -2.30. The average Bonchev–Trinajstić information content (AvgIpc) is 2.62. The molecule has 0 bridgehead atoms. The van der Waals surface area contributed by atoms with E-state index in [4.69, 9.17) is 4.74 Å². The number of unbranched alkanes of at least 4 members (excludes halogenated alkanes) is 1. The Morgan fingerprint density at radius 1 is 1.16 bits per heavy atom. The topological polar surface area (TPSA) is 70.7 Å². The Morgan fingerprint density at radius 2 is 1.84 bits per heavy atom. The Bertz CT molecular complexity index is 552. The number of anilines is 1. The number of carbonyl (C=O) groups excluding carboxylic acids is 2. The first-order chi connectivity index (χ1) is 12.1. The van der Waals surface area contributed by atoms with E-state index in [0.29, 0.717) is 30.3 Å². The zero-order valence-corrected chi connectivity index (χ0v) is 15.2. The van der Waals surface area contributed by atoms with Crippen molar-refractivity contribution >= 4 is 17.6 Å². The van der Waals surface area contributed by atoms with Crippen molar-refractivity contribution in [2.45, 2.75) is 32.6 Å². The van der Waals surface area contributed by atoms with Crippen molar-refractivity contribution < 1.29 is 14.3 Å². The highest BCUT2D eigenvalue weighted by Crippen LogP contribution is 2.19. The van der Waals surface area contributed by atoms with E-state index in [1.165, 1.54) is 0 Å². The fourth-order valence-electron chi connectivity index (χ4n) is 2.84. The first kappa shape index (κ1) is 19.2. The van der Waals surface area contributed by atoms with Crippen molar-refractivity contribution in [1.29, 1.82) is 0 Å². The summed E-state index contributed by atoms with van der Waals surface area (Å²) in [6.45, 7) is 5.19. The number of benzene rings is 1. The van der Waals surface area contributed by atoms with Gasteiger partial charge in [0.2, 0.25) is 0 Å². The van der Waals surface area contributed by atoms with Gasteiger partial charge in [0, 0.05) is 44.6 Å². The number of hydrogen-bond donors (Lipinski definition) is 2. The maximum atomic E-state index is 12.5. The minimum Gasteiger partial charge on any atom is -0.385 e. The highest BCUT2D eigenvalue weighted by atomic mass is 16.5. The molecule has 0 aliphatic carbocycles. The Labute approximate surface area is 149 Å². The number of nitrogens with one attached hydrogen (secondary N) is 2. The lowest BCUT2D eigenvalue weighted by Crippen LogP contribution is -2.37. The number of urea groups is 1. The number of likely N-dealkylation sites (tertiary alicyclic amines) is 1. The van der Waals surface area contributed by atoms with Crippen LogP contribution in [0.4, 0.5) is 10.5 Å². The van der Waals surface area contributed by atoms with Crippen LogP contribution in [-0.2, 0) is 4.74 Å². The summed E-state index contributed by atoms with van der Waals surface area (Å²) in [5, 5.41) is 5.58. The minimum atomic E-state index is -0.235. The van der Waals surface area contributed by atoms with Crippen LogP contribution in [0.2, 0.25) is 0 Å². The molecular formula is C19H29N3O3. The van der Waals surface area contributed by atoms with Crippen LogP contribution >= 0.6 is 0 Å². The predicted molar refractivity (Wildman–Crippen MR) is 98.9 cm³/mol. The molecule has 1 aliphatic rings. The Kier molecular flexibility index (Phi) is 7.73. The molecule has 0 saturated carbocycles. The van der Waals surface area contributed by atoms with Crippen LogP contribution in [0.3, 0.4) is 0 Å². The van der Waals surface area contributed by atoms with E-state index in [0.717, 1.165) is 38.8 Å². The van der Waals surface area contributed by atoms with E-state index >= 15 is 0 Å². The van der Waals surface area contributed by atoms with Gasteiger partial charge < -0.3 is 20.3 Å². The summed E-state index contributed by atoms with van der Waals surface area (Å²) >= 11 is 0. The van der Waals surface area contributed by atoms with Gasteiger partial charge in [0.15, 0.2) is 0 Å². The van der Waals surface area contributed by atoms with Gasteiger partial charge >= 0.3 is 6.03 Å². The van der Waals surface area contributed by atoms with Gasteiger partial charge in [-0.05, 0) is 55.9 Å². The lowest BCUT2D eigenvalue weighted by atomic mass is 9.98. The molecule has 0 atom stereocenters. The summed E-state index contributed by atoms with van der Waals surface area (Å²) in [7, 11) is 1.67. The number of amides is 3. The van der Waals surface area contributed by atoms with Gasteiger partial charge in [-0.1, -0.05) is 6.92 Å². The molecule has 0 spiro atoms. The molecule has 1 heterocycles. The first-order valence-electron chi connectivity index (χ1n) is 9.03. The van der Waals surface area contributed by atoms with Crippen molar-refractivity contribution in [3.63, 3.8) is 0 Å². The quantitative estimate of drug-likeness (QED) is 0.745. The fourth-order valence-corrected chi connectivity index (χ4v) is 2.84. The van der Waals surface area contributed by atoms with Gasteiger partial charge in [-0.2, -0.15) is 0 Å². The zero-order chi connectivity index (χ0) is 18.1. The standard InChI is InChI=1S/C19H29N3O3/c1-15-9-12-22(13-10-15)18(23)16-5-7-17(8-6-16)21-19(24)20-11-3-4-14-25-2/h5-8,15H,3-4,9-14H2,1-2H3,(H2,20,21,24). The number of methoxy groups -OCH3 is 1. The average molecular weight is 347 g/mol. The van der Waals surface area contributed by atoms with Crippen LogP contribution in [0.1, 0.15) is 43.0 Å². The van der Waals surface area contributed by atoms with Crippen molar-refractivity contribution in [3.8, 4) is 0 Å². The maximum absolute atomic E-state index is 12.5. The second-order valence-electron chi connectivity index (χ2n) is 6.63. The molecule has 25 heavy (non-hydrogen) atoms. The normalized spacial score (nSPS) is 15.0. The second-order valence-corrected chi connectivity index (χ2v) is 6.63. The SMILES string of the molecule is COCCCCNC(=O)Nc1ccc(C(=O)N2CCC(C)CC2)cc1. The smallest absolute Gasteiger partial charge is 0.319 e. The highest BCUT2D eigenvalue weighted by molar-refractivity contribution is 5.95. The molecule has 1 saturated heterocycles. The summed E-state index contributed by atoms with van der Waals surface area (Å²) in [5.74, 6) is 0.768. The van der Waals surface area contributed by atoms with E-state index in [2.05, 4.69) is 17.6 Å². The largest absolute Gasteiger partial charge is 0.385 e. The summed E-state index contributed by atoms with van der Waals surface area (Å²) in [5.41, 5.74) is 1.35. The molecule has 2 rings (SSSR count). The summed E-state index contributed by atoms with van der Waals surface area (Å²) in [6.07, 6.45) is 3.93. The molecule has 0 aromatic heterocycles. The lowest BCUT2D eigenvalue weighted by molar-refractivity contribution is 0.0697. The summed E-state index contributed by atoms with van der Waals surface area (Å²) in [4.78, 5) is 26.2. The molecule has 138 valence electrons. The molecular weight excluding hydrogens is 318 g/mol. The Morgan fingerprint density at radius 3 is 2.48 bits per heavy atom. The molecule has 6 heteroatoms. The van der Waals surface area contributed by atoms with Crippen LogP contribution < -0.4 is 10.6 Å². The first-order valence-corrected chi connectivity index (χ1v) is 9.03. The van der Waals surface area contributed by atoms with Gasteiger partial charge in [-0.3, -0.25) is 4.79 Å². The van der Waals surface area contributed by atoms with Gasteiger partial charge in [0.1, 0.15) is 0 Å². The Balaban J connectivity index is 1.77. The van der Waals surface area contributed by atoms with E-state index in [1.54, 1.807) is 31.4 Å². The number of rotatable bonds is 7. The second kappa shape index (κ2) is 10.0. The van der Waals surface area contributed by atoms with Crippen LogP contribution in [0.25, 0.3) is 0 Å². The third kappa shape index (κ3) is 6.38. The zero-order valence-electron chi connectivity index (χ0n) is 15.2. The van der Waals surface area contributed by atoms with Crippen molar-refractivity contribution in [1.82, 2.24) is 10.2 Å². The van der Waals surface area contributed by atoms with Crippen molar-refractivity contribution in [2.24, 2.45) is 5.92 Å². The van der Waals surface area contributed by atoms with Gasteiger partial charge in [-0.25, -0.2) is 4.79 Å². The van der Waals surface area contributed by atoms with Gasteiger partial charge in [0.05, 0.1) is 0 Å². The van der Waals surface area contributed by atoms with Crippen LogP contribution in [0, 0.1) is 5.92 Å². The minimum absolute atomic E-state index is 0.0704. The highest BCUT2D eigenvalue weighted by Gasteiger charge is 2.21. The monoisotopic (exact) mass is 347 g/mol. The summed E-state index contributed by atoms with van der Waals surface area (Å²) in [6, 6.07) is 6.85. The van der Waals surface area contributed by atoms with Crippen LogP contribution in [0.15, 0.2) is 24.3 Å². The molecule has 0 radical (unpaired) electrons. The molecule has 3 amide bonds. The molecule has 1 aliphatic heterocycles. The molecule has 0 unspecified atom stereocenters. The third-order valence-electron chi connectivity index (χ3n) is 4.52. The van der Waals surface area contributed by atoms with E-state index in [-0.39, 0.29) is 11.9 Å². The van der Waals surface area contributed by atoms with Crippen LogP contribution in [-0.4, -0.2) is 50.2 Å². The number of hydrogen-bond acceptors (Lipinski definition) is 3. The molecule has 1 fully saturated rings. The van der Waals surface area contributed by atoms with Gasteiger partial charge in [0.25, 0.3) is 5.91 Å². The molecule has 1 aromatic carbocycles. The number of carbonyl (C=O) groups is 2.